The molecule has 1 aliphatic rings. The number of hydrogen-bond donors (Lipinski definition) is 2. The predicted molar refractivity (Wildman–Crippen MR) is 78.7 cm³/mol. The number of fused-ring (bicyclic) bond motifs is 1. The second-order valence-corrected chi connectivity index (χ2v) is 5.23. The maximum Gasteiger partial charge on any atom is 0.229 e. The number of hydrogen-bond acceptors (Lipinski definition) is 3. The first-order chi connectivity index (χ1) is 9.63. The molecule has 3 rings (SSSR count). The number of aryl methyl sites for hydroxylation is 2. The van der Waals surface area contributed by atoms with E-state index < -0.39 is 0 Å². The molecule has 0 saturated carbocycles. The van der Waals surface area contributed by atoms with E-state index in [1.54, 1.807) is 4.68 Å². The lowest BCUT2D eigenvalue weighted by atomic mass is 9.93. The topological polar surface area (TPSA) is 59.0 Å². The number of para-hydroxylation sites is 1. The number of amides is 1. The Balaban J connectivity index is 1.72. The van der Waals surface area contributed by atoms with Crippen molar-refractivity contribution in [2.45, 2.75) is 13.3 Å². The first-order valence-corrected chi connectivity index (χ1v) is 6.76. The number of nitrogens with zero attached hydrogens (tertiary/aromatic N) is 2. The highest BCUT2D eigenvalue weighted by Crippen LogP contribution is 2.25. The van der Waals surface area contributed by atoms with Crippen LogP contribution in [-0.4, -0.2) is 22.2 Å². The standard InChI is InChI=1S/C15H18N4O/c1-10-14(9-19(2)18-10)17-15(20)12-7-11-5-3-4-6-13(11)16-8-12/h3-6,9,12,16H,7-8H2,1-2H3,(H,17,20). The zero-order valence-electron chi connectivity index (χ0n) is 11.7. The number of benzene rings is 1. The smallest absolute Gasteiger partial charge is 0.229 e. The summed E-state index contributed by atoms with van der Waals surface area (Å²) >= 11 is 0. The Morgan fingerprint density at radius 1 is 1.45 bits per heavy atom. The molecule has 1 aromatic heterocycles. The van der Waals surface area contributed by atoms with Crippen LogP contribution in [0.2, 0.25) is 0 Å². The first kappa shape index (κ1) is 12.7. The molecular formula is C15H18N4O. The van der Waals surface area contributed by atoms with Gasteiger partial charge in [0.25, 0.3) is 0 Å². The number of carbonyl (C=O) groups is 1. The Labute approximate surface area is 118 Å². The van der Waals surface area contributed by atoms with Gasteiger partial charge in [-0.15, -0.1) is 0 Å². The summed E-state index contributed by atoms with van der Waals surface area (Å²) in [4.78, 5) is 12.4. The van der Waals surface area contributed by atoms with Crippen molar-refractivity contribution in [3.63, 3.8) is 0 Å². The number of rotatable bonds is 2. The van der Waals surface area contributed by atoms with E-state index in [-0.39, 0.29) is 11.8 Å². The van der Waals surface area contributed by atoms with Gasteiger partial charge in [0.1, 0.15) is 0 Å². The van der Waals surface area contributed by atoms with Crippen molar-refractivity contribution in [2.24, 2.45) is 13.0 Å². The molecule has 104 valence electrons. The normalized spacial score (nSPS) is 17.2. The van der Waals surface area contributed by atoms with Gasteiger partial charge in [-0.3, -0.25) is 9.48 Å². The Morgan fingerprint density at radius 2 is 2.25 bits per heavy atom. The molecule has 0 radical (unpaired) electrons. The van der Waals surface area contributed by atoms with Gasteiger partial charge in [-0.25, -0.2) is 0 Å². The zero-order valence-corrected chi connectivity index (χ0v) is 11.7. The van der Waals surface area contributed by atoms with Crippen molar-refractivity contribution in [1.29, 1.82) is 0 Å². The number of aromatic nitrogens is 2. The van der Waals surface area contributed by atoms with Crippen LogP contribution < -0.4 is 10.6 Å². The first-order valence-electron chi connectivity index (χ1n) is 6.76. The summed E-state index contributed by atoms with van der Waals surface area (Å²) in [5.74, 6) is -0.00684. The molecule has 5 heteroatoms. The van der Waals surface area contributed by atoms with Crippen LogP contribution in [0.25, 0.3) is 0 Å². The van der Waals surface area contributed by atoms with Crippen molar-refractivity contribution in [3.05, 3.63) is 41.7 Å². The molecule has 2 aromatic rings. The molecule has 2 N–H and O–H groups in total. The lowest BCUT2D eigenvalue weighted by Gasteiger charge is -2.25. The molecule has 1 aliphatic heterocycles. The van der Waals surface area contributed by atoms with E-state index in [2.05, 4.69) is 27.9 Å². The van der Waals surface area contributed by atoms with Gasteiger partial charge >= 0.3 is 0 Å². The molecular weight excluding hydrogens is 252 g/mol. The van der Waals surface area contributed by atoms with Gasteiger partial charge in [-0.2, -0.15) is 5.10 Å². The van der Waals surface area contributed by atoms with Crippen LogP contribution in [0, 0.1) is 12.8 Å². The summed E-state index contributed by atoms with van der Waals surface area (Å²) in [5, 5.41) is 10.5. The summed E-state index contributed by atoms with van der Waals surface area (Å²) < 4.78 is 1.71. The minimum Gasteiger partial charge on any atom is -0.384 e. The van der Waals surface area contributed by atoms with Crippen molar-refractivity contribution in [3.8, 4) is 0 Å². The van der Waals surface area contributed by atoms with Crippen LogP contribution in [-0.2, 0) is 18.3 Å². The SMILES string of the molecule is Cc1nn(C)cc1NC(=O)C1CNc2ccccc2C1. The molecule has 1 amide bonds. The van der Waals surface area contributed by atoms with E-state index in [1.165, 1.54) is 5.56 Å². The van der Waals surface area contributed by atoms with Gasteiger partial charge in [0.2, 0.25) is 5.91 Å². The zero-order chi connectivity index (χ0) is 14.1. The predicted octanol–water partition coefficient (Wildman–Crippen LogP) is 1.95. The summed E-state index contributed by atoms with van der Waals surface area (Å²) in [6.07, 6.45) is 2.60. The van der Waals surface area contributed by atoms with Crippen LogP contribution in [0.3, 0.4) is 0 Å². The molecule has 1 unspecified atom stereocenters. The highest BCUT2D eigenvalue weighted by Gasteiger charge is 2.24. The van der Waals surface area contributed by atoms with Gasteiger partial charge in [-0.1, -0.05) is 18.2 Å². The fraction of sp³-hybridized carbons (Fsp3) is 0.333. The van der Waals surface area contributed by atoms with E-state index >= 15 is 0 Å². The number of carbonyl (C=O) groups excluding carboxylic acids is 1. The average Bonchev–Trinajstić information content (AvgIpc) is 2.76. The minimum atomic E-state index is -0.0514. The fourth-order valence-electron chi connectivity index (χ4n) is 2.58. The Bertz CT molecular complexity index is 647. The summed E-state index contributed by atoms with van der Waals surface area (Å²) in [6, 6.07) is 8.13. The third-order valence-corrected chi connectivity index (χ3v) is 3.66. The highest BCUT2D eigenvalue weighted by molar-refractivity contribution is 5.94. The van der Waals surface area contributed by atoms with Gasteiger partial charge in [0, 0.05) is 25.5 Å². The molecule has 1 aromatic carbocycles. The van der Waals surface area contributed by atoms with Crippen molar-refractivity contribution >= 4 is 17.3 Å². The third-order valence-electron chi connectivity index (χ3n) is 3.66. The average molecular weight is 270 g/mol. The molecule has 20 heavy (non-hydrogen) atoms. The van der Waals surface area contributed by atoms with Crippen LogP contribution in [0.4, 0.5) is 11.4 Å². The Kier molecular flexibility index (Phi) is 3.18. The molecule has 0 aliphatic carbocycles. The second-order valence-electron chi connectivity index (χ2n) is 5.23. The molecule has 0 fully saturated rings. The lowest BCUT2D eigenvalue weighted by Crippen LogP contribution is -2.33. The monoisotopic (exact) mass is 270 g/mol. The Morgan fingerprint density at radius 3 is 3.00 bits per heavy atom. The largest absolute Gasteiger partial charge is 0.384 e. The maximum absolute atomic E-state index is 12.4. The van der Waals surface area contributed by atoms with Crippen LogP contribution in [0.1, 0.15) is 11.3 Å². The summed E-state index contributed by atoms with van der Waals surface area (Å²) in [7, 11) is 1.85. The molecule has 1 atom stereocenters. The van der Waals surface area contributed by atoms with Gasteiger partial charge < -0.3 is 10.6 Å². The van der Waals surface area contributed by atoms with E-state index in [0.29, 0.717) is 6.54 Å². The molecule has 2 heterocycles. The van der Waals surface area contributed by atoms with E-state index in [4.69, 9.17) is 0 Å². The fourth-order valence-corrected chi connectivity index (χ4v) is 2.58. The van der Waals surface area contributed by atoms with Gasteiger partial charge in [0.15, 0.2) is 0 Å². The highest BCUT2D eigenvalue weighted by atomic mass is 16.1. The number of anilines is 2. The molecule has 5 nitrogen and oxygen atoms in total. The van der Waals surface area contributed by atoms with Crippen LogP contribution in [0.15, 0.2) is 30.5 Å². The van der Waals surface area contributed by atoms with E-state index in [9.17, 15) is 4.79 Å². The third kappa shape index (κ3) is 2.39. The molecule has 0 bridgehead atoms. The van der Waals surface area contributed by atoms with E-state index in [0.717, 1.165) is 23.5 Å². The Hall–Kier alpha value is -2.30. The quantitative estimate of drug-likeness (QED) is 0.877. The second kappa shape index (κ2) is 5.00. The van der Waals surface area contributed by atoms with Crippen LogP contribution >= 0.6 is 0 Å². The van der Waals surface area contributed by atoms with Crippen molar-refractivity contribution < 1.29 is 4.79 Å². The summed E-state index contributed by atoms with van der Waals surface area (Å²) in [6.45, 7) is 2.56. The van der Waals surface area contributed by atoms with Gasteiger partial charge in [-0.05, 0) is 25.0 Å². The molecule has 0 saturated heterocycles. The van der Waals surface area contributed by atoms with E-state index in [1.807, 2.05) is 32.3 Å². The molecule has 0 spiro atoms. The van der Waals surface area contributed by atoms with Gasteiger partial charge in [0.05, 0.1) is 17.3 Å². The number of nitrogens with one attached hydrogen (secondary N) is 2. The van der Waals surface area contributed by atoms with Crippen molar-refractivity contribution in [1.82, 2.24) is 9.78 Å². The summed E-state index contributed by atoms with van der Waals surface area (Å²) in [5.41, 5.74) is 3.96. The van der Waals surface area contributed by atoms with Crippen LogP contribution in [0.5, 0.6) is 0 Å². The van der Waals surface area contributed by atoms with Crippen molar-refractivity contribution in [2.75, 3.05) is 17.2 Å². The maximum atomic E-state index is 12.4. The lowest BCUT2D eigenvalue weighted by molar-refractivity contribution is -0.119. The minimum absolute atomic E-state index is 0.0445.